The number of rotatable bonds is 3. The van der Waals surface area contributed by atoms with Crippen molar-refractivity contribution in [2.45, 2.75) is 0 Å². The number of benzene rings is 3. The van der Waals surface area contributed by atoms with Gasteiger partial charge in [0.05, 0.1) is 23.3 Å². The van der Waals surface area contributed by atoms with Crippen LogP contribution in [0.2, 0.25) is 0 Å². The molecule has 1 aliphatic heterocycles. The molecule has 4 aromatic rings. The summed E-state index contributed by atoms with van der Waals surface area (Å²) in [6.45, 7) is -0.0477. The van der Waals surface area contributed by atoms with Gasteiger partial charge in [-0.05, 0) is 35.7 Å². The van der Waals surface area contributed by atoms with Gasteiger partial charge >= 0.3 is 5.97 Å². The van der Waals surface area contributed by atoms with Crippen LogP contribution in [0.4, 0.5) is 0 Å². The van der Waals surface area contributed by atoms with Crippen molar-refractivity contribution < 1.29 is 45.8 Å². The average molecular weight is 428 g/mol. The Bertz CT molecular complexity index is 1320. The molecule has 8 heteroatoms. The van der Waals surface area contributed by atoms with Gasteiger partial charge in [0.15, 0.2) is 35.8 Å². The molecule has 1 aromatic heterocycles. The van der Waals surface area contributed by atoms with E-state index in [4.69, 9.17) is 14.2 Å². The monoisotopic (exact) mass is 427 g/mol. The molecule has 0 radical (unpaired) electrons. The Labute approximate surface area is 177 Å². The summed E-state index contributed by atoms with van der Waals surface area (Å²) in [5.74, 6) is 1.16. The van der Waals surface area contributed by atoms with Gasteiger partial charge in [-0.2, -0.15) is 4.57 Å². The number of aromatic nitrogens is 1. The van der Waals surface area contributed by atoms with Gasteiger partial charge < -0.3 is 36.5 Å². The normalized spacial score (nSPS) is 12.2. The number of phenolic OH excluding ortho intramolecular Hbond substituents is 1. The van der Waals surface area contributed by atoms with Crippen molar-refractivity contribution in [3.63, 3.8) is 0 Å². The van der Waals surface area contributed by atoms with Gasteiger partial charge in [0.2, 0.25) is 12.3 Å². The van der Waals surface area contributed by atoms with Gasteiger partial charge in [0.1, 0.15) is 7.05 Å². The Morgan fingerprint density at radius 2 is 1.80 bits per heavy atom. The smallest absolute Gasteiger partial charge is 0.343 e. The van der Waals surface area contributed by atoms with Crippen molar-refractivity contribution in [1.29, 1.82) is 0 Å². The third kappa shape index (κ3) is 2.98. The second kappa shape index (κ2) is 7.42. The fourth-order valence-electron chi connectivity index (χ4n) is 3.82. The highest BCUT2D eigenvalue weighted by Crippen LogP contribution is 2.41. The molecule has 2 heterocycles. The molecule has 0 bridgehead atoms. The number of nitrogens with zero attached hydrogens (tertiary/aromatic N) is 1. The third-order valence-corrected chi connectivity index (χ3v) is 5.20. The van der Waals surface area contributed by atoms with E-state index in [1.54, 1.807) is 6.07 Å². The van der Waals surface area contributed by atoms with Crippen LogP contribution in [0.1, 0.15) is 0 Å². The first-order chi connectivity index (χ1) is 14.1. The summed E-state index contributed by atoms with van der Waals surface area (Å²) in [6.07, 6.45) is 1.85. The summed E-state index contributed by atoms with van der Waals surface area (Å²) in [4.78, 5) is 11.3. The number of hydrogen-bond acceptors (Lipinski definition) is 6. The Morgan fingerprint density at radius 1 is 1.07 bits per heavy atom. The van der Waals surface area contributed by atoms with Gasteiger partial charge in [-0.25, -0.2) is 4.79 Å². The Kier molecular flexibility index (Phi) is 4.91. The lowest BCUT2D eigenvalue weighted by atomic mass is 10.00. The second-order valence-electron chi connectivity index (χ2n) is 6.87. The fourth-order valence-corrected chi connectivity index (χ4v) is 3.82. The lowest BCUT2D eigenvalue weighted by Crippen LogP contribution is -3.00. The highest BCUT2D eigenvalue weighted by molar-refractivity contribution is 6.15. The standard InChI is InChI=1S/C22H17NO6.ClH/c1-23-9-16-13(5-6-17(22(16)25)27-10-20(24)26-2)14-4-3-12-7-18-19(29-11-28-18)8-15(12)21(14)23;/h3-9H,10-11H2,1-2H3;1H. The van der Waals surface area contributed by atoms with Crippen LogP contribution in [0.3, 0.4) is 0 Å². The number of halogens is 1. The van der Waals surface area contributed by atoms with Crippen LogP contribution in [0, 0.1) is 0 Å². The highest BCUT2D eigenvalue weighted by Gasteiger charge is 2.22. The van der Waals surface area contributed by atoms with Crippen LogP contribution < -0.4 is 31.2 Å². The third-order valence-electron chi connectivity index (χ3n) is 5.20. The molecule has 0 amide bonds. The molecular formula is C22H18ClNO6. The van der Waals surface area contributed by atoms with Gasteiger partial charge in [-0.3, -0.25) is 0 Å². The van der Waals surface area contributed by atoms with Crippen molar-refractivity contribution in [2.24, 2.45) is 7.05 Å². The first kappa shape index (κ1) is 19.8. The van der Waals surface area contributed by atoms with E-state index in [1.807, 2.05) is 48.1 Å². The zero-order chi connectivity index (χ0) is 20.1. The topological polar surface area (TPSA) is 78.1 Å². The zero-order valence-electron chi connectivity index (χ0n) is 16.3. The molecule has 3 aromatic carbocycles. The van der Waals surface area contributed by atoms with Crippen molar-refractivity contribution in [3.05, 3.63) is 42.6 Å². The number of aryl methyl sites for hydroxylation is 1. The molecule has 0 spiro atoms. The SMILES string of the molecule is COC(=O)COc1ccc2c(c[n+](C)c3c4cc5c(cc4ccc23)OCO5)c1O.[Cl-]. The lowest BCUT2D eigenvalue weighted by Gasteiger charge is -2.11. The van der Waals surface area contributed by atoms with E-state index in [1.165, 1.54) is 7.11 Å². The maximum atomic E-state index is 11.3. The van der Waals surface area contributed by atoms with Crippen molar-refractivity contribution in [2.75, 3.05) is 20.5 Å². The van der Waals surface area contributed by atoms with Gasteiger partial charge in [0.25, 0.3) is 0 Å². The molecule has 0 fully saturated rings. The van der Waals surface area contributed by atoms with Crippen LogP contribution >= 0.6 is 0 Å². The molecule has 0 saturated carbocycles. The van der Waals surface area contributed by atoms with Crippen molar-refractivity contribution in [3.8, 4) is 23.0 Å². The number of hydrogen-bond donors (Lipinski definition) is 1. The molecule has 0 aliphatic carbocycles. The lowest BCUT2D eigenvalue weighted by molar-refractivity contribution is -0.642. The largest absolute Gasteiger partial charge is 1.00 e. The van der Waals surface area contributed by atoms with E-state index in [0.717, 1.165) is 38.6 Å². The minimum Gasteiger partial charge on any atom is -1.00 e. The number of phenols is 1. The number of pyridine rings is 1. The summed E-state index contributed by atoms with van der Waals surface area (Å²) in [6, 6.07) is 11.5. The number of fused-ring (bicyclic) bond motifs is 6. The molecule has 1 N–H and O–H groups in total. The van der Waals surface area contributed by atoms with Gasteiger partial charge in [0, 0.05) is 5.39 Å². The second-order valence-corrected chi connectivity index (χ2v) is 6.87. The van der Waals surface area contributed by atoms with Crippen molar-refractivity contribution in [1.82, 2.24) is 0 Å². The summed E-state index contributed by atoms with van der Waals surface area (Å²) in [5, 5.41) is 15.3. The first-order valence-electron chi connectivity index (χ1n) is 9.07. The summed E-state index contributed by atoms with van der Waals surface area (Å²) in [5.41, 5.74) is 1.01. The summed E-state index contributed by atoms with van der Waals surface area (Å²) in [7, 11) is 3.21. The molecule has 1 aliphatic rings. The summed E-state index contributed by atoms with van der Waals surface area (Å²) < 4.78 is 23.0. The van der Waals surface area contributed by atoms with E-state index >= 15 is 0 Å². The van der Waals surface area contributed by atoms with E-state index in [-0.39, 0.29) is 37.3 Å². The number of esters is 1. The molecule has 0 saturated heterocycles. The molecule has 5 rings (SSSR count). The minimum atomic E-state index is -0.515. The number of carbonyl (C=O) groups excluding carboxylic acids is 1. The predicted octanol–water partition coefficient (Wildman–Crippen LogP) is -0.0392. The fraction of sp³-hybridized carbons (Fsp3) is 0.182. The number of ether oxygens (including phenoxy) is 4. The van der Waals surface area contributed by atoms with E-state index in [2.05, 4.69) is 4.74 Å². The molecule has 0 unspecified atom stereocenters. The first-order valence-corrected chi connectivity index (χ1v) is 9.07. The Hall–Kier alpha value is -3.45. The highest BCUT2D eigenvalue weighted by atomic mass is 35.5. The summed E-state index contributed by atoms with van der Waals surface area (Å²) >= 11 is 0. The van der Waals surface area contributed by atoms with E-state index in [0.29, 0.717) is 5.39 Å². The van der Waals surface area contributed by atoms with Gasteiger partial charge in [-0.15, -0.1) is 0 Å². The van der Waals surface area contributed by atoms with Crippen LogP contribution in [-0.2, 0) is 16.6 Å². The number of aromatic hydroxyl groups is 1. The average Bonchev–Trinajstić information content (AvgIpc) is 3.18. The molecule has 7 nitrogen and oxygen atoms in total. The van der Waals surface area contributed by atoms with Crippen LogP contribution in [-0.4, -0.2) is 31.6 Å². The van der Waals surface area contributed by atoms with Crippen LogP contribution in [0.5, 0.6) is 23.0 Å². The molecule has 30 heavy (non-hydrogen) atoms. The van der Waals surface area contributed by atoms with Gasteiger partial charge in [-0.1, -0.05) is 6.07 Å². The zero-order valence-corrected chi connectivity index (χ0v) is 17.0. The van der Waals surface area contributed by atoms with Crippen molar-refractivity contribution >= 4 is 38.4 Å². The van der Waals surface area contributed by atoms with E-state index in [9.17, 15) is 9.90 Å². The molecule has 0 atom stereocenters. The quantitative estimate of drug-likeness (QED) is 0.281. The Morgan fingerprint density at radius 3 is 2.57 bits per heavy atom. The molecule has 154 valence electrons. The van der Waals surface area contributed by atoms with Crippen LogP contribution in [0.25, 0.3) is 32.4 Å². The van der Waals surface area contributed by atoms with E-state index < -0.39 is 5.97 Å². The Balaban J connectivity index is 0.00000218. The predicted molar refractivity (Wildman–Crippen MR) is 105 cm³/mol. The van der Waals surface area contributed by atoms with Crippen LogP contribution in [0.15, 0.2) is 42.6 Å². The molecular weight excluding hydrogens is 410 g/mol. The maximum absolute atomic E-state index is 11.3. The minimum absolute atomic E-state index is 0. The number of methoxy groups -OCH3 is 1. The number of carbonyl (C=O) groups is 1. The maximum Gasteiger partial charge on any atom is 0.343 e.